The van der Waals surface area contributed by atoms with Crippen molar-refractivity contribution >= 4 is 17.3 Å². The highest BCUT2D eigenvalue weighted by Crippen LogP contribution is 2.21. The van der Waals surface area contributed by atoms with Crippen LogP contribution in [0.4, 0.5) is 11.4 Å². The van der Waals surface area contributed by atoms with E-state index in [1.165, 1.54) is 12.1 Å². The van der Waals surface area contributed by atoms with Crippen molar-refractivity contribution in [1.29, 1.82) is 0 Å². The average Bonchev–Trinajstić information content (AvgIpc) is 2.42. The van der Waals surface area contributed by atoms with Crippen LogP contribution < -0.4 is 26.9 Å². The summed E-state index contributed by atoms with van der Waals surface area (Å²) >= 11 is 0. The van der Waals surface area contributed by atoms with E-state index < -0.39 is 4.92 Å². The molecule has 0 unspecified atom stereocenters. The second-order valence-corrected chi connectivity index (χ2v) is 4.35. The Kier molecular flexibility index (Phi) is 5.98. The largest absolute Gasteiger partial charge is 1.00 e. The van der Waals surface area contributed by atoms with Crippen molar-refractivity contribution < 1.29 is 31.3 Å². The number of pyridine rings is 1. The summed E-state index contributed by atoms with van der Waals surface area (Å²) in [5.41, 5.74) is 1.20. The number of anilines is 1. The maximum Gasteiger partial charge on any atom is 0.290 e. The zero-order chi connectivity index (χ0) is 14.5. The number of rotatable bonds is 4. The zero-order valence-corrected chi connectivity index (χ0v) is 12.9. The van der Waals surface area contributed by atoms with E-state index in [1.807, 2.05) is 18.2 Å². The Balaban J connectivity index is 0.00000220. The van der Waals surface area contributed by atoms with Crippen molar-refractivity contribution in [1.82, 2.24) is 0 Å². The second kappa shape index (κ2) is 7.49. The molecule has 2 rings (SSSR count). The maximum atomic E-state index is 11.9. The minimum absolute atomic E-state index is 0. The lowest BCUT2D eigenvalue weighted by Crippen LogP contribution is -3.00. The number of nitro benzene ring substituents is 1. The van der Waals surface area contributed by atoms with Crippen LogP contribution in [0.3, 0.4) is 0 Å². The third kappa shape index (κ3) is 4.64. The van der Waals surface area contributed by atoms with Gasteiger partial charge in [-0.1, -0.05) is 12.1 Å². The highest BCUT2D eigenvalue weighted by Gasteiger charge is 2.13. The summed E-state index contributed by atoms with van der Waals surface area (Å²) in [7, 11) is 0. The van der Waals surface area contributed by atoms with E-state index in [-0.39, 0.29) is 35.1 Å². The summed E-state index contributed by atoms with van der Waals surface area (Å²) < 4.78 is 1.72. The molecule has 0 radical (unpaired) electrons. The van der Waals surface area contributed by atoms with Crippen LogP contribution in [-0.4, -0.2) is 10.8 Å². The van der Waals surface area contributed by atoms with Crippen LogP contribution in [0, 0.1) is 17.0 Å². The van der Waals surface area contributed by atoms with Crippen molar-refractivity contribution in [2.75, 3.05) is 5.32 Å². The number of nitrogens with one attached hydrogen (secondary N) is 1. The number of non-ortho nitro benzene ring substituents is 1. The Bertz CT molecular complexity index is 647. The lowest BCUT2D eigenvalue weighted by molar-refractivity contribution is -0.684. The van der Waals surface area contributed by atoms with Crippen LogP contribution in [0.15, 0.2) is 48.8 Å². The first kappa shape index (κ1) is 16.8. The Morgan fingerprint density at radius 3 is 2.57 bits per heavy atom. The number of aryl methyl sites for hydroxylation is 1. The first-order chi connectivity index (χ1) is 9.56. The molecule has 0 aliphatic heterocycles. The van der Waals surface area contributed by atoms with Crippen LogP contribution in [-0.2, 0) is 11.3 Å². The molecule has 0 saturated carbocycles. The molecule has 0 aliphatic carbocycles. The van der Waals surface area contributed by atoms with Crippen LogP contribution in [0.25, 0.3) is 0 Å². The van der Waals surface area contributed by atoms with Crippen molar-refractivity contribution in [3.63, 3.8) is 0 Å². The lowest BCUT2D eigenvalue weighted by Gasteiger charge is -2.06. The summed E-state index contributed by atoms with van der Waals surface area (Å²) in [4.78, 5) is 22.2. The molecule has 6 nitrogen and oxygen atoms in total. The third-order valence-corrected chi connectivity index (χ3v) is 2.81. The van der Waals surface area contributed by atoms with Crippen molar-refractivity contribution in [2.45, 2.75) is 13.5 Å². The second-order valence-electron chi connectivity index (χ2n) is 4.35. The molecule has 21 heavy (non-hydrogen) atoms. The quantitative estimate of drug-likeness (QED) is 0.428. The standard InChI is InChI=1S/C14H13N3O3.BrH/c1-11-5-6-12(17(19)20)9-13(11)15-14(18)10-16-7-3-2-4-8-16;/h2-9H,10H2,1H3;1H. The molecule has 0 atom stereocenters. The topological polar surface area (TPSA) is 76.1 Å². The van der Waals surface area contributed by atoms with Crippen LogP contribution >= 0.6 is 0 Å². The van der Waals surface area contributed by atoms with Gasteiger partial charge in [0.15, 0.2) is 12.4 Å². The van der Waals surface area contributed by atoms with Crippen molar-refractivity contribution in [2.24, 2.45) is 0 Å². The van der Waals surface area contributed by atoms with Crippen LogP contribution in [0.2, 0.25) is 0 Å². The number of carbonyl (C=O) groups is 1. The number of hydrogen-bond acceptors (Lipinski definition) is 3. The molecular weight excluding hydrogens is 338 g/mol. The number of benzene rings is 1. The van der Waals surface area contributed by atoms with Gasteiger partial charge in [0.25, 0.3) is 11.6 Å². The van der Waals surface area contributed by atoms with Crippen molar-refractivity contribution in [3.05, 3.63) is 64.5 Å². The third-order valence-electron chi connectivity index (χ3n) is 2.81. The molecule has 7 heteroatoms. The number of hydrogen-bond donors (Lipinski definition) is 1. The zero-order valence-electron chi connectivity index (χ0n) is 11.3. The number of halogens is 1. The van der Waals surface area contributed by atoms with Gasteiger partial charge in [0, 0.05) is 24.3 Å². The van der Waals surface area contributed by atoms with Gasteiger partial charge in [-0.3, -0.25) is 14.9 Å². The fourth-order valence-electron chi connectivity index (χ4n) is 1.75. The molecule has 1 aromatic carbocycles. The van der Waals surface area contributed by atoms with Gasteiger partial charge < -0.3 is 22.3 Å². The van der Waals surface area contributed by atoms with E-state index >= 15 is 0 Å². The van der Waals surface area contributed by atoms with E-state index in [0.717, 1.165) is 5.56 Å². The smallest absolute Gasteiger partial charge is 0.290 e. The highest BCUT2D eigenvalue weighted by atomic mass is 79.9. The normalized spacial score (nSPS) is 9.57. The van der Waals surface area contributed by atoms with Gasteiger partial charge in [-0.15, -0.1) is 0 Å². The average molecular weight is 352 g/mol. The molecule has 1 N–H and O–H groups in total. The molecule has 1 amide bonds. The van der Waals surface area contributed by atoms with E-state index in [1.54, 1.807) is 30.0 Å². The lowest BCUT2D eigenvalue weighted by atomic mass is 10.2. The molecular formula is C14H14BrN3O3. The van der Waals surface area contributed by atoms with Gasteiger partial charge in [0.05, 0.1) is 10.6 Å². The number of amides is 1. The predicted octanol–water partition coefficient (Wildman–Crippen LogP) is -1.17. The van der Waals surface area contributed by atoms with Crippen molar-refractivity contribution in [3.8, 4) is 0 Å². The fourth-order valence-corrected chi connectivity index (χ4v) is 1.75. The minimum atomic E-state index is -0.485. The predicted molar refractivity (Wildman–Crippen MR) is 73.1 cm³/mol. The first-order valence-corrected chi connectivity index (χ1v) is 6.05. The Labute approximate surface area is 132 Å². The number of nitro groups is 1. The fraction of sp³-hybridized carbons (Fsp3) is 0.143. The van der Waals surface area contributed by atoms with Gasteiger partial charge in [-0.2, -0.15) is 4.57 Å². The SMILES string of the molecule is Cc1ccc([N+](=O)[O-])cc1NC(=O)C[n+]1ccccc1.[Br-]. The van der Waals surface area contributed by atoms with E-state index in [4.69, 9.17) is 0 Å². The summed E-state index contributed by atoms with van der Waals surface area (Å²) in [5, 5.41) is 13.4. The molecule has 1 aromatic heterocycles. The molecule has 110 valence electrons. The minimum Gasteiger partial charge on any atom is -1.00 e. The van der Waals surface area contributed by atoms with Gasteiger partial charge in [-0.05, 0) is 12.5 Å². The van der Waals surface area contributed by atoms with Crippen LogP contribution in [0.5, 0.6) is 0 Å². The molecule has 0 saturated heterocycles. The summed E-state index contributed by atoms with van der Waals surface area (Å²) in [6.07, 6.45) is 3.56. The van der Waals surface area contributed by atoms with Gasteiger partial charge in [0.2, 0.25) is 6.54 Å². The summed E-state index contributed by atoms with van der Waals surface area (Å²) in [5.74, 6) is -0.232. The summed E-state index contributed by atoms with van der Waals surface area (Å²) in [6.45, 7) is 1.94. The van der Waals surface area contributed by atoms with E-state index in [9.17, 15) is 14.9 Å². The number of aromatic nitrogens is 1. The van der Waals surface area contributed by atoms with E-state index in [0.29, 0.717) is 5.69 Å². The molecule has 1 heterocycles. The van der Waals surface area contributed by atoms with E-state index in [2.05, 4.69) is 5.32 Å². The number of carbonyl (C=O) groups excluding carboxylic acids is 1. The van der Waals surface area contributed by atoms with Crippen LogP contribution in [0.1, 0.15) is 5.56 Å². The molecule has 0 aliphatic rings. The van der Waals surface area contributed by atoms with Gasteiger partial charge in [-0.25, -0.2) is 0 Å². The Morgan fingerprint density at radius 1 is 1.29 bits per heavy atom. The molecule has 0 spiro atoms. The highest BCUT2D eigenvalue weighted by molar-refractivity contribution is 5.90. The molecule has 0 fully saturated rings. The monoisotopic (exact) mass is 351 g/mol. The van der Waals surface area contributed by atoms with Gasteiger partial charge >= 0.3 is 0 Å². The Morgan fingerprint density at radius 2 is 1.95 bits per heavy atom. The first-order valence-electron chi connectivity index (χ1n) is 6.05. The van der Waals surface area contributed by atoms with Gasteiger partial charge in [0.1, 0.15) is 0 Å². The summed E-state index contributed by atoms with van der Waals surface area (Å²) in [6, 6.07) is 9.90. The maximum absolute atomic E-state index is 11.9. The molecule has 2 aromatic rings. The Hall–Kier alpha value is -2.28. The molecule has 0 bridgehead atoms. The number of nitrogens with zero attached hydrogens (tertiary/aromatic N) is 2.